The zero-order chi connectivity index (χ0) is 10.5. The molecule has 2 fully saturated rings. The van der Waals surface area contributed by atoms with Gasteiger partial charge in [-0.25, -0.2) is 0 Å². The van der Waals surface area contributed by atoms with Crippen molar-refractivity contribution in [2.75, 3.05) is 19.8 Å². The van der Waals surface area contributed by atoms with Gasteiger partial charge in [0, 0.05) is 19.3 Å². The molecule has 1 saturated carbocycles. The van der Waals surface area contributed by atoms with E-state index in [2.05, 4.69) is 12.2 Å². The third-order valence-corrected chi connectivity index (χ3v) is 4.01. The Bertz CT molecular complexity index is 173. The van der Waals surface area contributed by atoms with Crippen LogP contribution in [0.15, 0.2) is 0 Å². The monoisotopic (exact) mass is 211 g/mol. The summed E-state index contributed by atoms with van der Waals surface area (Å²) in [6.07, 6.45) is 8.26. The van der Waals surface area contributed by atoms with Crippen LogP contribution < -0.4 is 5.32 Å². The molecule has 1 unspecified atom stereocenters. The lowest BCUT2D eigenvalue weighted by Gasteiger charge is -2.29. The first-order chi connectivity index (χ1) is 7.34. The fourth-order valence-corrected chi connectivity index (χ4v) is 2.63. The van der Waals surface area contributed by atoms with Gasteiger partial charge in [0.05, 0.1) is 0 Å². The molecule has 1 atom stereocenters. The molecule has 0 aromatic carbocycles. The Labute approximate surface area is 93.8 Å². The second-order valence-corrected chi connectivity index (χ2v) is 5.40. The van der Waals surface area contributed by atoms with E-state index in [1.165, 1.54) is 45.1 Å². The summed E-state index contributed by atoms with van der Waals surface area (Å²) in [7, 11) is 0. The van der Waals surface area contributed by atoms with Gasteiger partial charge in [0.2, 0.25) is 0 Å². The lowest BCUT2D eigenvalue weighted by Crippen LogP contribution is -2.35. The Hall–Kier alpha value is -0.0800. The van der Waals surface area contributed by atoms with Crippen molar-refractivity contribution >= 4 is 0 Å². The Morgan fingerprint density at radius 2 is 1.87 bits per heavy atom. The molecule has 88 valence electrons. The van der Waals surface area contributed by atoms with Crippen LogP contribution in [0.2, 0.25) is 0 Å². The molecule has 1 aliphatic heterocycles. The minimum Gasteiger partial charge on any atom is -0.381 e. The molecule has 2 heteroatoms. The summed E-state index contributed by atoms with van der Waals surface area (Å²) in [6.45, 7) is 5.57. The molecular formula is C13H25NO. The van der Waals surface area contributed by atoms with E-state index in [9.17, 15) is 0 Å². The Morgan fingerprint density at radius 1 is 1.13 bits per heavy atom. The average Bonchev–Trinajstić information content (AvgIpc) is 2.17. The van der Waals surface area contributed by atoms with Crippen molar-refractivity contribution in [3.8, 4) is 0 Å². The fourth-order valence-electron chi connectivity index (χ4n) is 2.63. The highest BCUT2D eigenvalue weighted by molar-refractivity contribution is 4.75. The van der Waals surface area contributed by atoms with Crippen LogP contribution in [-0.2, 0) is 4.74 Å². The van der Waals surface area contributed by atoms with Gasteiger partial charge in [-0.1, -0.05) is 6.42 Å². The predicted molar refractivity (Wildman–Crippen MR) is 63.0 cm³/mol. The van der Waals surface area contributed by atoms with Crippen molar-refractivity contribution in [3.05, 3.63) is 0 Å². The van der Waals surface area contributed by atoms with Gasteiger partial charge in [-0.05, 0) is 57.4 Å². The minimum absolute atomic E-state index is 0.702. The zero-order valence-electron chi connectivity index (χ0n) is 10.0. The Balaban J connectivity index is 1.56. The topological polar surface area (TPSA) is 21.3 Å². The molecule has 0 spiro atoms. The van der Waals surface area contributed by atoms with E-state index in [0.29, 0.717) is 6.04 Å². The van der Waals surface area contributed by atoms with Crippen LogP contribution in [0.25, 0.3) is 0 Å². The molecule has 1 saturated heterocycles. The highest BCUT2D eigenvalue weighted by Crippen LogP contribution is 2.26. The van der Waals surface area contributed by atoms with Gasteiger partial charge in [-0.2, -0.15) is 0 Å². The van der Waals surface area contributed by atoms with Crippen LogP contribution in [0.4, 0.5) is 0 Å². The molecule has 2 nitrogen and oxygen atoms in total. The van der Waals surface area contributed by atoms with Gasteiger partial charge in [-0.3, -0.25) is 0 Å². The number of hydrogen-bond acceptors (Lipinski definition) is 2. The molecule has 2 rings (SSSR count). The number of rotatable bonds is 5. The predicted octanol–water partition coefficient (Wildman–Crippen LogP) is 2.58. The van der Waals surface area contributed by atoms with Crippen molar-refractivity contribution in [3.63, 3.8) is 0 Å². The van der Waals surface area contributed by atoms with Gasteiger partial charge in [0.1, 0.15) is 0 Å². The standard InChI is InChI=1S/C13H25NO/c1-11(14-10-13-3-2-4-13)9-12-5-7-15-8-6-12/h11-14H,2-10H2,1H3. The molecule has 1 aliphatic carbocycles. The summed E-state index contributed by atoms with van der Waals surface area (Å²) in [5, 5.41) is 3.69. The minimum atomic E-state index is 0.702. The molecule has 2 aliphatic rings. The SMILES string of the molecule is CC(CC1CCOCC1)NCC1CCC1. The molecule has 0 aromatic rings. The Morgan fingerprint density at radius 3 is 2.47 bits per heavy atom. The molecule has 0 radical (unpaired) electrons. The van der Waals surface area contributed by atoms with Gasteiger partial charge < -0.3 is 10.1 Å². The third kappa shape index (κ3) is 3.76. The molecular weight excluding hydrogens is 186 g/mol. The quantitative estimate of drug-likeness (QED) is 0.754. The Kier molecular flexibility index (Phi) is 4.45. The van der Waals surface area contributed by atoms with E-state index in [1.807, 2.05) is 0 Å². The summed E-state index contributed by atoms with van der Waals surface area (Å²) < 4.78 is 5.39. The summed E-state index contributed by atoms with van der Waals surface area (Å²) in [5.74, 6) is 1.89. The van der Waals surface area contributed by atoms with Crippen molar-refractivity contribution in [1.82, 2.24) is 5.32 Å². The van der Waals surface area contributed by atoms with E-state index < -0.39 is 0 Å². The average molecular weight is 211 g/mol. The number of hydrogen-bond donors (Lipinski definition) is 1. The van der Waals surface area contributed by atoms with Crippen molar-refractivity contribution in [2.24, 2.45) is 11.8 Å². The van der Waals surface area contributed by atoms with Crippen LogP contribution in [0.1, 0.15) is 45.4 Å². The van der Waals surface area contributed by atoms with Crippen LogP contribution in [0, 0.1) is 11.8 Å². The maximum Gasteiger partial charge on any atom is 0.0468 e. The van der Waals surface area contributed by atoms with Crippen LogP contribution in [0.5, 0.6) is 0 Å². The molecule has 0 bridgehead atoms. The summed E-state index contributed by atoms with van der Waals surface area (Å²) in [5.41, 5.74) is 0. The van der Waals surface area contributed by atoms with Crippen molar-refractivity contribution in [1.29, 1.82) is 0 Å². The van der Waals surface area contributed by atoms with Crippen LogP contribution >= 0.6 is 0 Å². The van der Waals surface area contributed by atoms with E-state index in [1.54, 1.807) is 0 Å². The lowest BCUT2D eigenvalue weighted by atomic mass is 9.85. The van der Waals surface area contributed by atoms with E-state index in [0.717, 1.165) is 25.0 Å². The normalized spacial score (nSPS) is 26.2. The summed E-state index contributed by atoms with van der Waals surface area (Å²) in [6, 6.07) is 0.702. The van der Waals surface area contributed by atoms with Gasteiger partial charge in [-0.15, -0.1) is 0 Å². The molecule has 15 heavy (non-hydrogen) atoms. The largest absolute Gasteiger partial charge is 0.381 e. The van der Waals surface area contributed by atoms with E-state index in [4.69, 9.17) is 4.74 Å². The maximum absolute atomic E-state index is 5.39. The molecule has 0 amide bonds. The highest BCUT2D eigenvalue weighted by atomic mass is 16.5. The van der Waals surface area contributed by atoms with Gasteiger partial charge >= 0.3 is 0 Å². The zero-order valence-corrected chi connectivity index (χ0v) is 10.0. The first kappa shape index (κ1) is 11.4. The molecule has 1 N–H and O–H groups in total. The second kappa shape index (κ2) is 5.86. The number of nitrogens with one attached hydrogen (secondary N) is 1. The lowest BCUT2D eigenvalue weighted by molar-refractivity contribution is 0.0608. The first-order valence-electron chi connectivity index (χ1n) is 6.65. The van der Waals surface area contributed by atoms with Gasteiger partial charge in [0.25, 0.3) is 0 Å². The summed E-state index contributed by atoms with van der Waals surface area (Å²) >= 11 is 0. The van der Waals surface area contributed by atoms with E-state index >= 15 is 0 Å². The first-order valence-corrected chi connectivity index (χ1v) is 6.65. The second-order valence-electron chi connectivity index (χ2n) is 5.40. The highest BCUT2D eigenvalue weighted by Gasteiger charge is 2.20. The van der Waals surface area contributed by atoms with Crippen LogP contribution in [0.3, 0.4) is 0 Å². The van der Waals surface area contributed by atoms with Crippen molar-refractivity contribution < 1.29 is 4.74 Å². The third-order valence-electron chi connectivity index (χ3n) is 4.01. The fraction of sp³-hybridized carbons (Fsp3) is 1.00. The number of ether oxygens (including phenoxy) is 1. The smallest absolute Gasteiger partial charge is 0.0468 e. The van der Waals surface area contributed by atoms with Crippen LogP contribution in [-0.4, -0.2) is 25.8 Å². The summed E-state index contributed by atoms with van der Waals surface area (Å²) in [4.78, 5) is 0. The molecule has 0 aromatic heterocycles. The maximum atomic E-state index is 5.39. The van der Waals surface area contributed by atoms with Crippen molar-refractivity contribution in [2.45, 2.75) is 51.5 Å². The molecule has 1 heterocycles. The van der Waals surface area contributed by atoms with Gasteiger partial charge in [0.15, 0.2) is 0 Å². The van der Waals surface area contributed by atoms with E-state index in [-0.39, 0.29) is 0 Å².